The van der Waals surface area contributed by atoms with Crippen molar-refractivity contribution in [2.24, 2.45) is 5.92 Å². The summed E-state index contributed by atoms with van der Waals surface area (Å²) >= 11 is 12.0. The predicted molar refractivity (Wildman–Crippen MR) is 97.0 cm³/mol. The van der Waals surface area contributed by atoms with Crippen LogP contribution in [0.5, 0.6) is 11.6 Å². The lowest BCUT2D eigenvalue weighted by molar-refractivity contribution is -0.143. The molecule has 26 heavy (non-hydrogen) atoms. The number of aliphatic carboxylic acids is 1. The molecule has 6 nitrogen and oxygen atoms in total. The normalized spacial score (nSPS) is 17.0. The molecule has 1 N–H and O–H groups in total. The van der Waals surface area contributed by atoms with E-state index in [4.69, 9.17) is 33.0 Å². The minimum Gasteiger partial charge on any atom is -0.481 e. The molecule has 0 bridgehead atoms. The summed E-state index contributed by atoms with van der Waals surface area (Å²) in [5.74, 6) is -0.995. The van der Waals surface area contributed by atoms with Gasteiger partial charge in [-0.05, 0) is 31.0 Å². The SMILES string of the molecule is O=C(O)C1CCCN(C(=O)c2ccc(Oc3cccc(Cl)c3Cl)nc2)C1. The highest BCUT2D eigenvalue weighted by molar-refractivity contribution is 6.42. The van der Waals surface area contributed by atoms with E-state index in [0.717, 1.165) is 0 Å². The molecule has 1 aromatic heterocycles. The van der Waals surface area contributed by atoms with Crippen LogP contribution in [0, 0.1) is 5.92 Å². The van der Waals surface area contributed by atoms with E-state index < -0.39 is 11.9 Å². The Kier molecular flexibility index (Phi) is 5.64. The van der Waals surface area contributed by atoms with Gasteiger partial charge in [-0.15, -0.1) is 0 Å². The molecule has 0 radical (unpaired) electrons. The summed E-state index contributed by atoms with van der Waals surface area (Å²) in [5.41, 5.74) is 0.376. The lowest BCUT2D eigenvalue weighted by Gasteiger charge is -2.30. The topological polar surface area (TPSA) is 79.7 Å². The first kappa shape index (κ1) is 18.5. The number of carbonyl (C=O) groups excluding carboxylic acids is 1. The Morgan fingerprint density at radius 2 is 2.04 bits per heavy atom. The fourth-order valence-corrected chi connectivity index (χ4v) is 3.12. The van der Waals surface area contributed by atoms with Gasteiger partial charge in [0.1, 0.15) is 10.8 Å². The maximum atomic E-state index is 12.5. The minimum atomic E-state index is -0.872. The Bertz CT molecular complexity index is 826. The number of likely N-dealkylation sites (tertiary alicyclic amines) is 1. The Balaban J connectivity index is 1.70. The van der Waals surface area contributed by atoms with Gasteiger partial charge < -0.3 is 14.7 Å². The van der Waals surface area contributed by atoms with Crippen molar-refractivity contribution in [2.45, 2.75) is 12.8 Å². The van der Waals surface area contributed by atoms with Crippen molar-refractivity contribution in [2.75, 3.05) is 13.1 Å². The van der Waals surface area contributed by atoms with Crippen LogP contribution in [0.2, 0.25) is 10.0 Å². The standard InChI is InChI=1S/C18H16Cl2N2O4/c19-13-4-1-5-14(16(13)20)26-15-7-6-11(9-21-15)17(23)22-8-2-3-12(10-22)18(24)25/h1,4-7,9,12H,2-3,8,10H2,(H,24,25). The van der Waals surface area contributed by atoms with Crippen LogP contribution in [-0.4, -0.2) is 40.0 Å². The number of benzene rings is 1. The second-order valence-corrected chi connectivity index (χ2v) is 6.75. The molecular weight excluding hydrogens is 379 g/mol. The number of carboxylic acid groups (broad SMARTS) is 1. The average Bonchev–Trinajstić information content (AvgIpc) is 2.65. The maximum absolute atomic E-state index is 12.5. The van der Waals surface area contributed by atoms with Gasteiger partial charge in [-0.2, -0.15) is 0 Å². The zero-order valence-corrected chi connectivity index (χ0v) is 15.2. The van der Waals surface area contributed by atoms with Crippen molar-refractivity contribution >= 4 is 35.1 Å². The van der Waals surface area contributed by atoms with E-state index in [2.05, 4.69) is 4.98 Å². The minimum absolute atomic E-state index is 0.213. The number of ether oxygens (including phenoxy) is 1. The van der Waals surface area contributed by atoms with Crippen LogP contribution in [0.25, 0.3) is 0 Å². The Morgan fingerprint density at radius 1 is 1.23 bits per heavy atom. The van der Waals surface area contributed by atoms with Crippen molar-refractivity contribution < 1.29 is 19.4 Å². The van der Waals surface area contributed by atoms with Gasteiger partial charge in [0.05, 0.1) is 16.5 Å². The smallest absolute Gasteiger partial charge is 0.308 e. The van der Waals surface area contributed by atoms with Crippen molar-refractivity contribution in [3.05, 3.63) is 52.1 Å². The van der Waals surface area contributed by atoms with Crippen molar-refractivity contribution in [1.29, 1.82) is 0 Å². The summed E-state index contributed by atoms with van der Waals surface area (Å²) in [5, 5.41) is 9.79. The summed E-state index contributed by atoms with van der Waals surface area (Å²) in [6, 6.07) is 8.16. The van der Waals surface area contributed by atoms with Crippen LogP contribution in [0.15, 0.2) is 36.5 Å². The molecule has 1 unspecified atom stereocenters. The summed E-state index contributed by atoms with van der Waals surface area (Å²) in [7, 11) is 0. The molecule has 1 aromatic carbocycles. The number of halogens is 2. The largest absolute Gasteiger partial charge is 0.481 e. The molecular formula is C18H16Cl2N2O4. The van der Waals surface area contributed by atoms with Crippen LogP contribution >= 0.6 is 23.2 Å². The zero-order valence-electron chi connectivity index (χ0n) is 13.7. The van der Waals surface area contributed by atoms with Crippen LogP contribution < -0.4 is 4.74 Å². The van der Waals surface area contributed by atoms with Gasteiger partial charge in [0, 0.05) is 25.4 Å². The molecule has 1 aliphatic rings. The van der Waals surface area contributed by atoms with Gasteiger partial charge in [-0.3, -0.25) is 9.59 Å². The van der Waals surface area contributed by atoms with E-state index in [1.807, 2.05) is 0 Å². The average molecular weight is 395 g/mol. The molecule has 2 aromatic rings. The second-order valence-electron chi connectivity index (χ2n) is 5.97. The molecule has 3 rings (SSSR count). The first-order valence-corrected chi connectivity index (χ1v) is 8.81. The van der Waals surface area contributed by atoms with Crippen LogP contribution in [0.3, 0.4) is 0 Å². The van der Waals surface area contributed by atoms with E-state index in [-0.39, 0.29) is 23.4 Å². The third-order valence-electron chi connectivity index (χ3n) is 4.17. The summed E-state index contributed by atoms with van der Waals surface area (Å²) in [4.78, 5) is 29.4. The molecule has 0 spiro atoms. The first-order chi connectivity index (χ1) is 12.5. The number of hydrogen-bond acceptors (Lipinski definition) is 4. The van der Waals surface area contributed by atoms with Crippen molar-refractivity contribution in [3.8, 4) is 11.6 Å². The number of nitrogens with zero attached hydrogens (tertiary/aromatic N) is 2. The fourth-order valence-electron chi connectivity index (χ4n) is 2.79. The van der Waals surface area contributed by atoms with Gasteiger partial charge in [0.15, 0.2) is 0 Å². The van der Waals surface area contributed by atoms with Crippen LogP contribution in [0.1, 0.15) is 23.2 Å². The Morgan fingerprint density at radius 3 is 2.73 bits per heavy atom. The number of hydrogen-bond donors (Lipinski definition) is 1. The zero-order chi connectivity index (χ0) is 18.7. The van der Waals surface area contributed by atoms with E-state index in [9.17, 15) is 9.59 Å². The number of aromatic nitrogens is 1. The molecule has 0 saturated carbocycles. The number of piperidine rings is 1. The predicted octanol–water partition coefficient (Wildman–Crippen LogP) is 4.12. The number of carboxylic acids is 1. The number of rotatable bonds is 4. The number of pyridine rings is 1. The van der Waals surface area contributed by atoms with E-state index in [0.29, 0.717) is 35.7 Å². The Hall–Kier alpha value is -2.31. The van der Waals surface area contributed by atoms with Crippen molar-refractivity contribution in [3.63, 3.8) is 0 Å². The lowest BCUT2D eigenvalue weighted by Crippen LogP contribution is -2.42. The van der Waals surface area contributed by atoms with E-state index >= 15 is 0 Å². The summed E-state index contributed by atoms with van der Waals surface area (Å²) in [6.45, 7) is 0.753. The summed E-state index contributed by atoms with van der Waals surface area (Å²) < 4.78 is 5.59. The highest BCUT2D eigenvalue weighted by Gasteiger charge is 2.28. The highest BCUT2D eigenvalue weighted by atomic mass is 35.5. The Labute approximate surface area is 160 Å². The maximum Gasteiger partial charge on any atom is 0.308 e. The third kappa shape index (κ3) is 4.08. The fraction of sp³-hybridized carbons (Fsp3) is 0.278. The van der Waals surface area contributed by atoms with Crippen LogP contribution in [-0.2, 0) is 4.79 Å². The van der Waals surface area contributed by atoms with Gasteiger partial charge in [-0.1, -0.05) is 29.3 Å². The molecule has 1 amide bonds. The molecule has 136 valence electrons. The number of carbonyl (C=O) groups is 2. The van der Waals surface area contributed by atoms with Gasteiger partial charge in [-0.25, -0.2) is 4.98 Å². The number of amides is 1. The quantitative estimate of drug-likeness (QED) is 0.843. The van der Waals surface area contributed by atoms with E-state index in [1.165, 1.54) is 6.20 Å². The molecule has 1 atom stereocenters. The van der Waals surface area contributed by atoms with Crippen LogP contribution in [0.4, 0.5) is 0 Å². The van der Waals surface area contributed by atoms with E-state index in [1.54, 1.807) is 35.2 Å². The van der Waals surface area contributed by atoms with Gasteiger partial charge in [0.2, 0.25) is 5.88 Å². The van der Waals surface area contributed by atoms with Gasteiger partial charge >= 0.3 is 5.97 Å². The molecule has 1 fully saturated rings. The summed E-state index contributed by atoms with van der Waals surface area (Å²) in [6.07, 6.45) is 2.66. The molecule has 1 saturated heterocycles. The third-order valence-corrected chi connectivity index (χ3v) is 4.97. The second kappa shape index (κ2) is 7.93. The molecule has 0 aliphatic carbocycles. The lowest BCUT2D eigenvalue weighted by atomic mass is 9.98. The molecule has 8 heteroatoms. The van der Waals surface area contributed by atoms with Gasteiger partial charge in [0.25, 0.3) is 5.91 Å². The highest BCUT2D eigenvalue weighted by Crippen LogP contribution is 2.34. The monoisotopic (exact) mass is 394 g/mol. The molecule has 1 aliphatic heterocycles. The first-order valence-electron chi connectivity index (χ1n) is 8.05. The van der Waals surface area contributed by atoms with Crippen molar-refractivity contribution in [1.82, 2.24) is 9.88 Å². The molecule has 2 heterocycles.